The second-order valence-electron chi connectivity index (χ2n) is 5.13. The van der Waals surface area contributed by atoms with Crippen molar-refractivity contribution in [3.63, 3.8) is 0 Å². The highest BCUT2D eigenvalue weighted by Crippen LogP contribution is 2.30. The molecule has 0 spiro atoms. The first-order valence-electron chi connectivity index (χ1n) is 7.44. The summed E-state index contributed by atoms with van der Waals surface area (Å²) in [7, 11) is 0. The lowest BCUT2D eigenvalue weighted by atomic mass is 10.3. The summed E-state index contributed by atoms with van der Waals surface area (Å²) in [5, 5.41) is 2.69. The smallest absolute Gasteiger partial charge is 0.241 e. The Morgan fingerprint density at radius 3 is 1.86 bits per heavy atom. The molecule has 0 unspecified atom stereocenters. The van der Waals surface area contributed by atoms with Crippen molar-refractivity contribution in [1.82, 2.24) is 9.97 Å². The Hall–Kier alpha value is -0.280. The van der Waals surface area contributed by atoms with E-state index < -0.39 is 3.25 Å². The van der Waals surface area contributed by atoms with Crippen LogP contribution in [-0.4, -0.2) is 13.2 Å². The van der Waals surface area contributed by atoms with Crippen LogP contribution in [0.4, 0.5) is 8.78 Å². The van der Waals surface area contributed by atoms with Crippen molar-refractivity contribution < 1.29 is 8.78 Å². The molecular formula is C17H11BrCl4F2N2S2. The van der Waals surface area contributed by atoms with E-state index in [1.807, 2.05) is 6.92 Å². The van der Waals surface area contributed by atoms with Crippen LogP contribution in [-0.2, 0) is 5.33 Å². The minimum absolute atomic E-state index is 0.220. The molecule has 2 nitrogen and oxygen atoms in total. The van der Waals surface area contributed by atoms with Crippen molar-refractivity contribution in [2.45, 2.75) is 15.5 Å². The Kier molecular flexibility index (Phi) is 9.13. The fraction of sp³-hybridized carbons (Fsp3) is 0.176. The molecule has 11 heteroatoms. The van der Waals surface area contributed by atoms with Gasteiger partial charge in [0.15, 0.2) is 0 Å². The summed E-state index contributed by atoms with van der Waals surface area (Å²) in [6.45, 7) is 1.92. The minimum Gasteiger partial charge on any atom is -0.241 e. The van der Waals surface area contributed by atoms with Crippen LogP contribution in [0.15, 0.2) is 36.4 Å². The Morgan fingerprint density at radius 2 is 1.36 bits per heavy atom. The Labute approximate surface area is 196 Å². The molecule has 2 aromatic carbocycles. The first kappa shape index (κ1) is 24.0. The maximum atomic E-state index is 12.7. The average Bonchev–Trinajstić information content (AvgIpc) is 3.14. The van der Waals surface area contributed by atoms with Crippen LogP contribution in [0, 0.1) is 18.6 Å². The number of rotatable bonds is 1. The normalized spacial score (nSPS) is 11.0. The molecule has 2 heterocycles. The summed E-state index contributed by atoms with van der Waals surface area (Å²) in [6.07, 6.45) is 0. The molecule has 0 saturated heterocycles. The van der Waals surface area contributed by atoms with E-state index >= 15 is 0 Å². The van der Waals surface area contributed by atoms with Gasteiger partial charge in [0.05, 0.1) is 30.8 Å². The van der Waals surface area contributed by atoms with Gasteiger partial charge in [0.1, 0.15) is 16.6 Å². The molecule has 4 rings (SSSR count). The van der Waals surface area contributed by atoms with E-state index in [0.717, 1.165) is 35.8 Å². The van der Waals surface area contributed by atoms with Crippen molar-refractivity contribution >= 4 is 105 Å². The molecule has 0 saturated carbocycles. The molecule has 0 bridgehead atoms. The van der Waals surface area contributed by atoms with E-state index in [9.17, 15) is 8.78 Å². The number of thiazole rings is 2. The lowest BCUT2D eigenvalue weighted by Crippen LogP contribution is -1.81. The number of benzene rings is 2. The highest BCUT2D eigenvalue weighted by atomic mass is 79.9. The lowest BCUT2D eigenvalue weighted by Gasteiger charge is -1.91. The van der Waals surface area contributed by atoms with E-state index in [2.05, 4.69) is 25.9 Å². The van der Waals surface area contributed by atoms with E-state index in [4.69, 9.17) is 46.4 Å². The topological polar surface area (TPSA) is 25.8 Å². The third-order valence-corrected chi connectivity index (χ3v) is 5.86. The molecule has 0 aliphatic rings. The van der Waals surface area contributed by atoms with Crippen LogP contribution in [0.25, 0.3) is 20.4 Å². The van der Waals surface area contributed by atoms with Gasteiger partial charge in [-0.2, -0.15) is 0 Å². The summed E-state index contributed by atoms with van der Waals surface area (Å²) in [5.74, 6) is -0.447. The monoisotopic (exact) mass is 564 g/mol. The second-order valence-corrected chi connectivity index (χ2v) is 11.5. The van der Waals surface area contributed by atoms with Gasteiger partial charge in [0.25, 0.3) is 3.25 Å². The molecule has 0 aliphatic heterocycles. The summed E-state index contributed by atoms with van der Waals surface area (Å²) < 4.78 is 25.8. The highest BCUT2D eigenvalue weighted by molar-refractivity contribution is 9.08. The van der Waals surface area contributed by atoms with Crippen LogP contribution in [0.1, 0.15) is 10.0 Å². The van der Waals surface area contributed by atoms with Crippen LogP contribution in [0.5, 0.6) is 0 Å². The maximum absolute atomic E-state index is 12.7. The zero-order chi connectivity index (χ0) is 20.9. The van der Waals surface area contributed by atoms with Gasteiger partial charge in [-0.05, 0) is 31.2 Å². The third-order valence-electron chi connectivity index (χ3n) is 2.96. The largest absolute Gasteiger partial charge is 0.266 e. The summed E-state index contributed by atoms with van der Waals surface area (Å²) in [4.78, 5) is 8.38. The molecule has 4 aromatic rings. The zero-order valence-electron chi connectivity index (χ0n) is 14.0. The van der Waals surface area contributed by atoms with Crippen molar-refractivity contribution in [2.75, 3.05) is 0 Å². The number of hydrogen-bond acceptors (Lipinski definition) is 4. The van der Waals surface area contributed by atoms with Crippen molar-refractivity contribution in [2.24, 2.45) is 0 Å². The molecule has 0 aliphatic carbocycles. The average molecular weight is 567 g/mol. The molecular weight excluding hydrogens is 556 g/mol. The van der Waals surface area contributed by atoms with Crippen LogP contribution in [0.3, 0.4) is 0 Å². The molecule has 0 radical (unpaired) electrons. The predicted octanol–water partition coefficient (Wildman–Crippen LogP) is 8.63. The Morgan fingerprint density at radius 1 is 0.893 bits per heavy atom. The zero-order valence-corrected chi connectivity index (χ0v) is 20.3. The third kappa shape index (κ3) is 8.22. The minimum atomic E-state index is -1.61. The summed E-state index contributed by atoms with van der Waals surface area (Å²) in [6, 6.07) is 9.35. The van der Waals surface area contributed by atoms with E-state index in [0.29, 0.717) is 0 Å². The van der Waals surface area contributed by atoms with Gasteiger partial charge in [-0.25, -0.2) is 18.7 Å². The van der Waals surface area contributed by atoms with Crippen molar-refractivity contribution in [1.29, 1.82) is 0 Å². The van der Waals surface area contributed by atoms with Gasteiger partial charge in [0, 0.05) is 12.1 Å². The van der Waals surface area contributed by atoms with Gasteiger partial charge in [-0.3, -0.25) is 0 Å². The lowest BCUT2D eigenvalue weighted by molar-refractivity contribution is 0.629. The van der Waals surface area contributed by atoms with Gasteiger partial charge in [0.2, 0.25) is 0 Å². The second kappa shape index (κ2) is 10.7. The van der Waals surface area contributed by atoms with Gasteiger partial charge >= 0.3 is 0 Å². The summed E-state index contributed by atoms with van der Waals surface area (Å²) in [5.41, 5.74) is 1.50. The molecule has 0 amide bonds. The quantitative estimate of drug-likeness (QED) is 0.215. The predicted molar refractivity (Wildman–Crippen MR) is 123 cm³/mol. The molecule has 0 fully saturated rings. The van der Waals surface area contributed by atoms with Crippen molar-refractivity contribution in [3.05, 3.63) is 58.0 Å². The van der Waals surface area contributed by atoms with E-state index in [1.165, 1.54) is 24.3 Å². The number of nitrogens with zero attached hydrogens (tertiary/aromatic N) is 2. The number of aromatic nitrogens is 2. The fourth-order valence-electron chi connectivity index (χ4n) is 2.02. The van der Waals surface area contributed by atoms with Crippen LogP contribution < -0.4 is 0 Å². The number of hydrogen-bond donors (Lipinski definition) is 0. The van der Waals surface area contributed by atoms with Crippen LogP contribution in [0.2, 0.25) is 0 Å². The van der Waals surface area contributed by atoms with Gasteiger partial charge in [-0.15, -0.1) is 22.7 Å². The standard InChI is InChI=1S/C8H5BrFNS.C8H6FNS.CCl4/c9-4-8-11-6-3-5(10)1-2-7(6)12-8;1-5-10-7-4-6(9)2-3-8(7)11-5;2-1(3,4)5/h1-3H,4H2;2-4H,1H3;. The molecule has 0 N–H and O–H groups in total. The maximum Gasteiger partial charge on any atom is 0.266 e. The first-order valence-corrected chi connectivity index (χ1v) is 11.7. The molecule has 150 valence electrons. The fourth-order valence-corrected chi connectivity index (χ4v) is 4.10. The van der Waals surface area contributed by atoms with Crippen molar-refractivity contribution in [3.8, 4) is 0 Å². The molecule has 0 atom stereocenters. The van der Waals surface area contributed by atoms with E-state index in [1.54, 1.807) is 34.8 Å². The van der Waals surface area contributed by atoms with Gasteiger partial charge in [-0.1, -0.05) is 62.3 Å². The SMILES string of the molecule is Cc1nc2cc(F)ccc2s1.ClC(Cl)(Cl)Cl.Fc1ccc2sc(CBr)nc2c1. The highest BCUT2D eigenvalue weighted by Gasteiger charge is 2.11. The first-order chi connectivity index (χ1) is 13.0. The number of aryl methyl sites for hydroxylation is 1. The number of fused-ring (bicyclic) bond motifs is 2. The number of alkyl halides is 5. The van der Waals surface area contributed by atoms with Gasteiger partial charge < -0.3 is 0 Å². The molecule has 28 heavy (non-hydrogen) atoms. The number of halogens is 7. The van der Waals surface area contributed by atoms with Crippen LogP contribution >= 0.6 is 85.0 Å². The Balaban J connectivity index is 0.000000164. The molecule has 2 aromatic heterocycles. The van der Waals surface area contributed by atoms with E-state index in [-0.39, 0.29) is 11.6 Å². The Bertz CT molecular complexity index is 1060. The summed E-state index contributed by atoms with van der Waals surface area (Å²) >= 11 is 25.8.